The lowest BCUT2D eigenvalue weighted by Crippen LogP contribution is -2.36. The summed E-state index contributed by atoms with van der Waals surface area (Å²) in [5, 5.41) is 6.25. The van der Waals surface area contributed by atoms with E-state index in [2.05, 4.69) is 10.6 Å². The zero-order valence-electron chi connectivity index (χ0n) is 10.9. The second-order valence-corrected chi connectivity index (χ2v) is 4.86. The standard InChI is InChI=1S/C14H20N2O2/c1-10(2)18-13-5-3-4-11(8-13)14(17)16-12-6-7-15-9-12/h3-5,8,10,12,15H,6-7,9H2,1-2H3,(H,16,17). The molecule has 1 aliphatic rings. The van der Waals surface area contributed by atoms with Crippen LogP contribution in [-0.2, 0) is 0 Å². The van der Waals surface area contributed by atoms with Crippen LogP contribution in [0.2, 0.25) is 0 Å². The first-order chi connectivity index (χ1) is 8.65. The molecule has 2 rings (SSSR count). The van der Waals surface area contributed by atoms with Gasteiger partial charge in [-0.15, -0.1) is 0 Å². The lowest BCUT2D eigenvalue weighted by molar-refractivity contribution is 0.0939. The number of benzene rings is 1. The molecule has 0 saturated carbocycles. The van der Waals surface area contributed by atoms with Crippen molar-refractivity contribution in [2.45, 2.75) is 32.4 Å². The third-order valence-corrected chi connectivity index (χ3v) is 2.86. The van der Waals surface area contributed by atoms with E-state index in [9.17, 15) is 4.79 Å². The van der Waals surface area contributed by atoms with Crippen molar-refractivity contribution in [3.05, 3.63) is 29.8 Å². The number of rotatable bonds is 4. The fourth-order valence-corrected chi connectivity index (χ4v) is 2.03. The molecule has 1 amide bonds. The van der Waals surface area contributed by atoms with Crippen molar-refractivity contribution in [1.82, 2.24) is 10.6 Å². The molecular formula is C14H20N2O2. The molecule has 18 heavy (non-hydrogen) atoms. The van der Waals surface area contributed by atoms with E-state index >= 15 is 0 Å². The summed E-state index contributed by atoms with van der Waals surface area (Å²) in [6, 6.07) is 7.56. The minimum absolute atomic E-state index is 0.0297. The highest BCUT2D eigenvalue weighted by Gasteiger charge is 2.17. The summed E-state index contributed by atoms with van der Waals surface area (Å²) in [6.45, 7) is 5.77. The number of amides is 1. The molecule has 1 aromatic rings. The molecule has 1 fully saturated rings. The second kappa shape index (κ2) is 5.87. The minimum atomic E-state index is -0.0297. The highest BCUT2D eigenvalue weighted by atomic mass is 16.5. The van der Waals surface area contributed by atoms with Gasteiger partial charge in [-0.2, -0.15) is 0 Å². The summed E-state index contributed by atoms with van der Waals surface area (Å²) < 4.78 is 5.58. The smallest absolute Gasteiger partial charge is 0.251 e. The molecule has 1 heterocycles. The highest BCUT2D eigenvalue weighted by molar-refractivity contribution is 5.94. The molecule has 1 aromatic carbocycles. The van der Waals surface area contributed by atoms with Crippen molar-refractivity contribution >= 4 is 5.91 Å². The van der Waals surface area contributed by atoms with Crippen molar-refractivity contribution in [3.8, 4) is 5.75 Å². The minimum Gasteiger partial charge on any atom is -0.491 e. The van der Waals surface area contributed by atoms with Gasteiger partial charge in [0, 0.05) is 18.2 Å². The normalized spacial score (nSPS) is 18.9. The van der Waals surface area contributed by atoms with Gasteiger partial charge in [0.25, 0.3) is 5.91 Å². The van der Waals surface area contributed by atoms with E-state index in [1.54, 1.807) is 6.07 Å². The first-order valence-corrected chi connectivity index (χ1v) is 6.43. The largest absolute Gasteiger partial charge is 0.491 e. The molecule has 1 atom stereocenters. The number of nitrogens with one attached hydrogen (secondary N) is 2. The molecule has 4 heteroatoms. The second-order valence-electron chi connectivity index (χ2n) is 4.86. The molecule has 0 bridgehead atoms. The molecule has 0 radical (unpaired) electrons. The fourth-order valence-electron chi connectivity index (χ4n) is 2.03. The number of carbonyl (C=O) groups excluding carboxylic acids is 1. The molecule has 0 aliphatic carbocycles. The van der Waals surface area contributed by atoms with Crippen LogP contribution < -0.4 is 15.4 Å². The predicted octanol–water partition coefficient (Wildman–Crippen LogP) is 1.57. The molecule has 1 unspecified atom stereocenters. The van der Waals surface area contributed by atoms with Crippen LogP contribution in [0.5, 0.6) is 5.75 Å². The van der Waals surface area contributed by atoms with Crippen LogP contribution in [0.4, 0.5) is 0 Å². The summed E-state index contributed by atoms with van der Waals surface area (Å²) in [5.74, 6) is 0.708. The van der Waals surface area contributed by atoms with Crippen molar-refractivity contribution in [3.63, 3.8) is 0 Å². The predicted molar refractivity (Wildman–Crippen MR) is 70.9 cm³/mol. The van der Waals surface area contributed by atoms with Gasteiger partial charge in [0.15, 0.2) is 0 Å². The Bertz CT molecular complexity index is 412. The van der Waals surface area contributed by atoms with Gasteiger partial charge in [0.1, 0.15) is 5.75 Å². The number of ether oxygens (including phenoxy) is 1. The van der Waals surface area contributed by atoms with E-state index in [1.165, 1.54) is 0 Å². The molecule has 98 valence electrons. The molecule has 2 N–H and O–H groups in total. The van der Waals surface area contributed by atoms with E-state index in [-0.39, 0.29) is 18.1 Å². The summed E-state index contributed by atoms with van der Waals surface area (Å²) in [6.07, 6.45) is 1.11. The molecule has 4 nitrogen and oxygen atoms in total. The number of hydrogen-bond donors (Lipinski definition) is 2. The summed E-state index contributed by atoms with van der Waals surface area (Å²) in [7, 11) is 0. The zero-order chi connectivity index (χ0) is 13.0. The Morgan fingerprint density at radius 2 is 2.33 bits per heavy atom. The average molecular weight is 248 g/mol. The van der Waals surface area contributed by atoms with Crippen molar-refractivity contribution in [1.29, 1.82) is 0 Å². The Labute approximate surface area is 108 Å². The topological polar surface area (TPSA) is 50.4 Å². The number of hydrogen-bond acceptors (Lipinski definition) is 3. The Kier molecular flexibility index (Phi) is 4.20. The van der Waals surface area contributed by atoms with Gasteiger partial charge < -0.3 is 15.4 Å². The Hall–Kier alpha value is -1.55. The van der Waals surface area contributed by atoms with Gasteiger partial charge >= 0.3 is 0 Å². The Morgan fingerprint density at radius 1 is 1.50 bits per heavy atom. The van der Waals surface area contributed by atoms with E-state index in [1.807, 2.05) is 32.0 Å². The third kappa shape index (κ3) is 3.47. The van der Waals surface area contributed by atoms with Crippen molar-refractivity contribution < 1.29 is 9.53 Å². The van der Waals surface area contributed by atoms with Crippen LogP contribution in [-0.4, -0.2) is 31.1 Å². The first-order valence-electron chi connectivity index (χ1n) is 6.43. The lowest BCUT2D eigenvalue weighted by Gasteiger charge is -2.13. The van der Waals surface area contributed by atoms with Crippen LogP contribution in [0.3, 0.4) is 0 Å². The van der Waals surface area contributed by atoms with Crippen LogP contribution in [0, 0.1) is 0 Å². The van der Waals surface area contributed by atoms with Gasteiger partial charge in [0.2, 0.25) is 0 Å². The van der Waals surface area contributed by atoms with Gasteiger partial charge in [0.05, 0.1) is 6.10 Å². The van der Waals surface area contributed by atoms with E-state index in [0.29, 0.717) is 5.56 Å². The Morgan fingerprint density at radius 3 is 3.00 bits per heavy atom. The van der Waals surface area contributed by atoms with Crippen LogP contribution >= 0.6 is 0 Å². The van der Waals surface area contributed by atoms with E-state index < -0.39 is 0 Å². The average Bonchev–Trinajstić information content (AvgIpc) is 2.81. The SMILES string of the molecule is CC(C)Oc1cccc(C(=O)NC2CCNC2)c1. The van der Waals surface area contributed by atoms with E-state index in [0.717, 1.165) is 25.3 Å². The maximum absolute atomic E-state index is 12.0. The fraction of sp³-hybridized carbons (Fsp3) is 0.500. The van der Waals surface area contributed by atoms with Gasteiger partial charge in [-0.05, 0) is 45.0 Å². The monoisotopic (exact) mass is 248 g/mol. The first kappa shape index (κ1) is 12.9. The number of carbonyl (C=O) groups is 1. The maximum Gasteiger partial charge on any atom is 0.251 e. The Balaban J connectivity index is 2.00. The molecule has 1 aliphatic heterocycles. The molecule has 1 saturated heterocycles. The van der Waals surface area contributed by atoms with E-state index in [4.69, 9.17) is 4.74 Å². The summed E-state index contributed by atoms with van der Waals surface area (Å²) in [4.78, 5) is 12.0. The molecule has 0 aromatic heterocycles. The summed E-state index contributed by atoms with van der Waals surface area (Å²) in [5.41, 5.74) is 0.653. The highest BCUT2D eigenvalue weighted by Crippen LogP contribution is 2.15. The van der Waals surface area contributed by atoms with Crippen LogP contribution in [0.25, 0.3) is 0 Å². The van der Waals surface area contributed by atoms with Crippen molar-refractivity contribution in [2.75, 3.05) is 13.1 Å². The molecule has 0 spiro atoms. The van der Waals surface area contributed by atoms with Crippen LogP contribution in [0.1, 0.15) is 30.6 Å². The zero-order valence-corrected chi connectivity index (χ0v) is 10.9. The van der Waals surface area contributed by atoms with Gasteiger partial charge in [-0.3, -0.25) is 4.79 Å². The third-order valence-electron chi connectivity index (χ3n) is 2.86. The summed E-state index contributed by atoms with van der Waals surface area (Å²) >= 11 is 0. The van der Waals surface area contributed by atoms with Crippen LogP contribution in [0.15, 0.2) is 24.3 Å². The molecular weight excluding hydrogens is 228 g/mol. The maximum atomic E-state index is 12.0. The van der Waals surface area contributed by atoms with Gasteiger partial charge in [-0.25, -0.2) is 0 Å². The van der Waals surface area contributed by atoms with Crippen molar-refractivity contribution in [2.24, 2.45) is 0 Å². The quantitative estimate of drug-likeness (QED) is 0.850. The lowest BCUT2D eigenvalue weighted by atomic mass is 10.1. The van der Waals surface area contributed by atoms with Gasteiger partial charge in [-0.1, -0.05) is 6.07 Å².